The zero-order chi connectivity index (χ0) is 12.0. The van der Waals surface area contributed by atoms with E-state index in [1.54, 1.807) is 25.3 Å². The summed E-state index contributed by atoms with van der Waals surface area (Å²) in [5.41, 5.74) is 1.88. The molecule has 0 atom stereocenters. The van der Waals surface area contributed by atoms with Crippen molar-refractivity contribution in [2.75, 3.05) is 20.7 Å². The van der Waals surface area contributed by atoms with E-state index in [1.807, 2.05) is 12.1 Å². The lowest BCUT2D eigenvalue weighted by atomic mass is 10.2. The van der Waals surface area contributed by atoms with Crippen molar-refractivity contribution in [2.24, 2.45) is 0 Å². The van der Waals surface area contributed by atoms with Gasteiger partial charge in [-0.1, -0.05) is 0 Å². The van der Waals surface area contributed by atoms with Crippen LogP contribution in [0, 0.1) is 0 Å². The highest BCUT2D eigenvalue weighted by Gasteiger charge is 2.06. The lowest BCUT2D eigenvalue weighted by molar-refractivity contribution is -0.138. The molecule has 0 unspecified atom stereocenters. The van der Waals surface area contributed by atoms with Crippen molar-refractivity contribution in [2.45, 2.75) is 13.2 Å². The lowest BCUT2D eigenvalue weighted by Gasteiger charge is -2.13. The van der Waals surface area contributed by atoms with Gasteiger partial charge < -0.3 is 9.84 Å². The summed E-state index contributed by atoms with van der Waals surface area (Å²) >= 11 is 0. The number of hydrogen-bond donors (Lipinski definition) is 1. The number of ether oxygens (including phenoxy) is 1. The molecule has 0 saturated carbocycles. The Balaban J connectivity index is 2.59. The van der Waals surface area contributed by atoms with Crippen molar-refractivity contribution in [3.63, 3.8) is 0 Å². The number of nitrogens with zero attached hydrogens (tertiary/aromatic N) is 2. The number of methoxy groups -OCH3 is 1. The quantitative estimate of drug-likeness (QED) is 0.772. The van der Waals surface area contributed by atoms with Crippen LogP contribution in [0.25, 0.3) is 0 Å². The first-order valence-corrected chi connectivity index (χ1v) is 4.95. The number of likely N-dealkylation sites (N-methyl/N-ethyl adjacent to an activating group) is 1. The van der Waals surface area contributed by atoms with Crippen molar-refractivity contribution in [3.05, 3.63) is 29.6 Å². The van der Waals surface area contributed by atoms with Crippen LogP contribution in [0.2, 0.25) is 0 Å². The molecule has 0 aromatic carbocycles. The van der Waals surface area contributed by atoms with E-state index in [1.165, 1.54) is 0 Å². The van der Waals surface area contributed by atoms with Gasteiger partial charge in [-0.25, -0.2) is 0 Å². The molecule has 0 aliphatic carbocycles. The van der Waals surface area contributed by atoms with Crippen LogP contribution in [0.3, 0.4) is 0 Å². The Hall–Kier alpha value is -1.46. The molecule has 5 nitrogen and oxygen atoms in total. The van der Waals surface area contributed by atoms with Crippen molar-refractivity contribution in [1.29, 1.82) is 0 Å². The smallest absolute Gasteiger partial charge is 0.317 e. The molecular weight excluding hydrogens is 208 g/mol. The highest BCUT2D eigenvalue weighted by Crippen LogP contribution is 2.05. The SMILES string of the molecule is COCc1ccnc(CN(C)CC(=O)O)c1. The summed E-state index contributed by atoms with van der Waals surface area (Å²) in [6.07, 6.45) is 1.71. The first kappa shape index (κ1) is 12.6. The van der Waals surface area contributed by atoms with Gasteiger partial charge in [-0.15, -0.1) is 0 Å². The van der Waals surface area contributed by atoms with Crippen molar-refractivity contribution in [1.82, 2.24) is 9.88 Å². The van der Waals surface area contributed by atoms with Crippen molar-refractivity contribution in [3.8, 4) is 0 Å². The van der Waals surface area contributed by atoms with E-state index in [2.05, 4.69) is 4.98 Å². The van der Waals surface area contributed by atoms with Crippen LogP contribution in [-0.4, -0.2) is 41.7 Å². The highest BCUT2D eigenvalue weighted by atomic mass is 16.5. The Bertz CT molecular complexity index is 355. The number of rotatable bonds is 6. The van der Waals surface area contributed by atoms with Gasteiger partial charge in [0, 0.05) is 19.9 Å². The number of aromatic nitrogens is 1. The predicted octanol–water partition coefficient (Wildman–Crippen LogP) is 0.744. The maximum atomic E-state index is 10.5. The Morgan fingerprint density at radius 1 is 1.62 bits per heavy atom. The maximum absolute atomic E-state index is 10.5. The maximum Gasteiger partial charge on any atom is 0.317 e. The molecule has 88 valence electrons. The zero-order valence-electron chi connectivity index (χ0n) is 9.51. The Kier molecular flexibility index (Phi) is 4.88. The molecule has 0 aliphatic rings. The van der Waals surface area contributed by atoms with Gasteiger partial charge in [0.1, 0.15) is 0 Å². The summed E-state index contributed by atoms with van der Waals surface area (Å²) in [5, 5.41) is 8.62. The van der Waals surface area contributed by atoms with E-state index < -0.39 is 5.97 Å². The Labute approximate surface area is 94.7 Å². The molecule has 0 radical (unpaired) electrons. The minimum Gasteiger partial charge on any atom is -0.480 e. The number of carboxylic acid groups (broad SMARTS) is 1. The van der Waals surface area contributed by atoms with Gasteiger partial charge in [-0.3, -0.25) is 14.7 Å². The summed E-state index contributed by atoms with van der Waals surface area (Å²) in [5.74, 6) is -0.837. The predicted molar refractivity (Wildman–Crippen MR) is 58.9 cm³/mol. The summed E-state index contributed by atoms with van der Waals surface area (Å²) < 4.78 is 5.02. The van der Waals surface area contributed by atoms with Crippen LogP contribution in [0.15, 0.2) is 18.3 Å². The van der Waals surface area contributed by atoms with E-state index >= 15 is 0 Å². The third-order valence-corrected chi connectivity index (χ3v) is 2.03. The molecule has 0 fully saturated rings. The van der Waals surface area contributed by atoms with E-state index in [-0.39, 0.29) is 6.54 Å². The van der Waals surface area contributed by atoms with E-state index in [0.29, 0.717) is 13.2 Å². The number of hydrogen-bond acceptors (Lipinski definition) is 4. The molecule has 1 rings (SSSR count). The van der Waals surface area contributed by atoms with E-state index in [0.717, 1.165) is 11.3 Å². The third-order valence-electron chi connectivity index (χ3n) is 2.03. The van der Waals surface area contributed by atoms with Gasteiger partial charge in [0.05, 0.1) is 18.8 Å². The molecule has 0 spiro atoms. The van der Waals surface area contributed by atoms with Gasteiger partial charge in [0.15, 0.2) is 0 Å². The van der Waals surface area contributed by atoms with Gasteiger partial charge in [-0.05, 0) is 24.7 Å². The molecule has 5 heteroatoms. The normalized spacial score (nSPS) is 10.7. The number of pyridine rings is 1. The molecule has 16 heavy (non-hydrogen) atoms. The number of aliphatic carboxylic acids is 1. The van der Waals surface area contributed by atoms with Gasteiger partial charge >= 0.3 is 5.97 Å². The summed E-state index contributed by atoms with van der Waals surface area (Å²) in [7, 11) is 3.38. The molecule has 1 N–H and O–H groups in total. The highest BCUT2D eigenvalue weighted by molar-refractivity contribution is 5.68. The zero-order valence-corrected chi connectivity index (χ0v) is 9.51. The fourth-order valence-corrected chi connectivity index (χ4v) is 1.43. The molecular formula is C11H16N2O3. The van der Waals surface area contributed by atoms with Crippen molar-refractivity contribution < 1.29 is 14.6 Å². The fourth-order valence-electron chi connectivity index (χ4n) is 1.43. The van der Waals surface area contributed by atoms with E-state index in [4.69, 9.17) is 9.84 Å². The molecule has 1 aromatic heterocycles. The minimum absolute atomic E-state index is 0.0101. The van der Waals surface area contributed by atoms with Gasteiger partial charge in [0.2, 0.25) is 0 Å². The molecule has 1 aromatic rings. The number of carboxylic acids is 1. The molecule has 0 saturated heterocycles. The fraction of sp³-hybridized carbons (Fsp3) is 0.455. The van der Waals surface area contributed by atoms with Crippen LogP contribution in [0.5, 0.6) is 0 Å². The molecule has 0 bridgehead atoms. The lowest BCUT2D eigenvalue weighted by Crippen LogP contribution is -2.25. The average molecular weight is 224 g/mol. The third kappa shape index (κ3) is 4.37. The van der Waals surface area contributed by atoms with Crippen molar-refractivity contribution >= 4 is 5.97 Å². The molecule has 1 heterocycles. The number of carbonyl (C=O) groups is 1. The van der Waals surface area contributed by atoms with Crippen LogP contribution in [0.1, 0.15) is 11.3 Å². The van der Waals surface area contributed by atoms with Crippen LogP contribution >= 0.6 is 0 Å². The topological polar surface area (TPSA) is 62.7 Å². The summed E-state index contributed by atoms with van der Waals surface area (Å²) in [6, 6.07) is 3.80. The largest absolute Gasteiger partial charge is 0.480 e. The Morgan fingerprint density at radius 3 is 3.00 bits per heavy atom. The van der Waals surface area contributed by atoms with E-state index in [9.17, 15) is 4.79 Å². The first-order valence-electron chi connectivity index (χ1n) is 4.95. The van der Waals surface area contributed by atoms with Gasteiger partial charge in [-0.2, -0.15) is 0 Å². The molecule has 0 aliphatic heterocycles. The Morgan fingerprint density at radius 2 is 2.38 bits per heavy atom. The summed E-state index contributed by atoms with van der Waals surface area (Å²) in [6.45, 7) is 1.07. The van der Waals surface area contributed by atoms with Crippen LogP contribution in [0.4, 0.5) is 0 Å². The second-order valence-corrected chi connectivity index (χ2v) is 3.65. The standard InChI is InChI=1S/C11H16N2O3/c1-13(7-11(14)15)6-10-5-9(8-16-2)3-4-12-10/h3-5H,6-8H2,1-2H3,(H,14,15). The van der Waals surface area contributed by atoms with Gasteiger partial charge in [0.25, 0.3) is 0 Å². The van der Waals surface area contributed by atoms with Crippen LogP contribution in [-0.2, 0) is 22.7 Å². The minimum atomic E-state index is -0.837. The second-order valence-electron chi connectivity index (χ2n) is 3.65. The summed E-state index contributed by atoms with van der Waals surface area (Å²) in [4.78, 5) is 16.4. The monoisotopic (exact) mass is 224 g/mol. The second kappa shape index (κ2) is 6.19. The van der Waals surface area contributed by atoms with Crippen LogP contribution < -0.4 is 0 Å². The first-order chi connectivity index (χ1) is 7.61. The molecule has 0 amide bonds. The average Bonchev–Trinajstić information content (AvgIpc) is 2.17.